The number of carbonyl (C=O) groups excluding carboxylic acids is 5. The number of ether oxygens (including phenoxy) is 1. The van der Waals surface area contributed by atoms with Crippen molar-refractivity contribution in [3.8, 4) is 0 Å². The van der Waals surface area contributed by atoms with E-state index >= 15 is 0 Å². The summed E-state index contributed by atoms with van der Waals surface area (Å²) in [6.07, 6.45) is -5.31. The first-order valence-electron chi connectivity index (χ1n) is 11.8. The maximum absolute atomic E-state index is 14.9. The van der Waals surface area contributed by atoms with Crippen LogP contribution in [0.4, 0.5) is 28.0 Å². The van der Waals surface area contributed by atoms with Gasteiger partial charge in [-0.25, -0.2) is 9.18 Å². The van der Waals surface area contributed by atoms with Gasteiger partial charge in [-0.1, -0.05) is 23.7 Å². The summed E-state index contributed by atoms with van der Waals surface area (Å²) in [4.78, 5) is 56.4. The molecule has 2 aromatic rings. The molecule has 9 nitrogen and oxygen atoms in total. The van der Waals surface area contributed by atoms with Crippen LogP contribution < -0.4 is 15.5 Å². The number of nitrogens with one attached hydrogen (secondary N) is 2. The molecular weight excluding hydrogens is 594 g/mol. The predicted molar refractivity (Wildman–Crippen MR) is 141 cm³/mol. The number of halogens is 5. The van der Waals surface area contributed by atoms with Gasteiger partial charge in [0, 0.05) is 15.7 Å². The summed E-state index contributed by atoms with van der Waals surface area (Å²) >= 11 is 7.00. The number of rotatable bonds is 5. The molecule has 0 aliphatic carbocycles. The van der Waals surface area contributed by atoms with Gasteiger partial charge in [0.05, 0.1) is 17.8 Å². The van der Waals surface area contributed by atoms with Gasteiger partial charge in [0.25, 0.3) is 11.8 Å². The molecule has 3 rings (SSSR count). The highest BCUT2D eigenvalue weighted by Crippen LogP contribution is 2.37. The van der Waals surface area contributed by atoms with E-state index in [1.165, 1.54) is 4.90 Å². The van der Waals surface area contributed by atoms with Crippen molar-refractivity contribution >= 4 is 53.1 Å². The average molecular weight is 620 g/mol. The Labute approximate surface area is 241 Å². The lowest BCUT2D eigenvalue weighted by molar-refractivity contribution is -0.191. The first-order valence-corrected chi connectivity index (χ1v) is 13.2. The zero-order chi connectivity index (χ0) is 31.1. The van der Waals surface area contributed by atoms with Crippen LogP contribution in [-0.4, -0.2) is 53.7 Å². The summed E-state index contributed by atoms with van der Waals surface area (Å²) < 4.78 is 59.1. The van der Waals surface area contributed by atoms with Crippen LogP contribution in [0, 0.1) is 5.82 Å². The molecule has 0 saturated carbocycles. The number of alkyl halides is 3. The van der Waals surface area contributed by atoms with Gasteiger partial charge >= 0.3 is 18.4 Å². The standard InChI is InChI=1S/C25H26ClF4N3O4S.CO2/c1-13(25(28,29)30)31-21(34)16-9-19-20(10-17(16)27)38-12-18(32-23(36)37-24(2,3)4)22(35)33(19)11-14-5-7-15(26)8-6-14;2-1-3/h5-10,13,18H,11-12H2,1-4H3,(H,31,34)(H,32,36);/t13?,18-;/m0./s1. The van der Waals surface area contributed by atoms with E-state index in [-0.39, 0.29) is 29.0 Å². The molecule has 0 aromatic heterocycles. The molecule has 0 spiro atoms. The van der Waals surface area contributed by atoms with Crippen LogP contribution in [0.1, 0.15) is 43.6 Å². The highest BCUT2D eigenvalue weighted by Gasteiger charge is 2.38. The Bertz CT molecular complexity index is 1310. The van der Waals surface area contributed by atoms with Crippen molar-refractivity contribution in [1.29, 1.82) is 0 Å². The highest BCUT2D eigenvalue weighted by atomic mass is 35.5. The van der Waals surface area contributed by atoms with Gasteiger partial charge in [0.1, 0.15) is 23.5 Å². The molecule has 1 aliphatic heterocycles. The Morgan fingerprint density at radius 3 is 2.29 bits per heavy atom. The minimum Gasteiger partial charge on any atom is -0.444 e. The average Bonchev–Trinajstić information content (AvgIpc) is 2.95. The lowest BCUT2D eigenvalue weighted by Gasteiger charge is -2.27. The van der Waals surface area contributed by atoms with E-state index in [1.807, 2.05) is 0 Å². The second-order valence-corrected chi connectivity index (χ2v) is 11.2. The normalized spacial score (nSPS) is 15.8. The Hall–Kier alpha value is -3.61. The maximum atomic E-state index is 14.9. The quantitative estimate of drug-likeness (QED) is 0.446. The largest absolute Gasteiger partial charge is 0.444 e. The number of amides is 3. The zero-order valence-electron chi connectivity index (χ0n) is 22.2. The van der Waals surface area contributed by atoms with Crippen molar-refractivity contribution in [2.45, 2.75) is 63.0 Å². The molecule has 2 aromatic carbocycles. The maximum Gasteiger partial charge on any atom is 0.408 e. The molecule has 15 heteroatoms. The van der Waals surface area contributed by atoms with Crippen LogP contribution >= 0.6 is 23.4 Å². The van der Waals surface area contributed by atoms with Crippen molar-refractivity contribution < 1.29 is 46.3 Å². The van der Waals surface area contributed by atoms with Gasteiger partial charge < -0.3 is 20.3 Å². The number of thioether (sulfide) groups is 1. The summed E-state index contributed by atoms with van der Waals surface area (Å²) in [5.74, 6) is -2.91. The number of carbonyl (C=O) groups is 3. The number of nitrogens with zero attached hydrogens (tertiary/aromatic N) is 1. The minimum atomic E-state index is -4.73. The number of alkyl carbamates (subject to hydrolysis) is 1. The van der Waals surface area contributed by atoms with Gasteiger partial charge in [0.2, 0.25) is 0 Å². The van der Waals surface area contributed by atoms with Gasteiger partial charge in [-0.2, -0.15) is 22.8 Å². The van der Waals surface area contributed by atoms with Crippen LogP contribution in [0.3, 0.4) is 0 Å². The van der Waals surface area contributed by atoms with E-state index < -0.39 is 53.1 Å². The minimum absolute atomic E-state index is 0.0122. The fraction of sp³-hybridized carbons (Fsp3) is 0.385. The summed E-state index contributed by atoms with van der Waals surface area (Å²) in [5, 5.41) is 4.72. The van der Waals surface area contributed by atoms with Crippen LogP contribution in [0.2, 0.25) is 5.02 Å². The molecule has 1 unspecified atom stereocenters. The van der Waals surface area contributed by atoms with Crippen LogP contribution in [0.5, 0.6) is 0 Å². The molecule has 0 radical (unpaired) electrons. The number of hydrogen-bond acceptors (Lipinski definition) is 7. The monoisotopic (exact) mass is 619 g/mol. The molecule has 222 valence electrons. The predicted octanol–water partition coefficient (Wildman–Crippen LogP) is 5.11. The topological polar surface area (TPSA) is 122 Å². The number of benzene rings is 2. The summed E-state index contributed by atoms with van der Waals surface area (Å²) in [5.41, 5.74) is -0.754. The lowest BCUT2D eigenvalue weighted by atomic mass is 10.1. The van der Waals surface area contributed by atoms with Crippen LogP contribution in [-0.2, 0) is 25.7 Å². The SMILES string of the molecule is CC(NC(=O)c1cc2c(cc1F)SC[C@H](NC(=O)OC(C)(C)C)C(=O)N2Cc1ccc(Cl)cc1)C(F)(F)F.O=C=O. The Morgan fingerprint density at radius 1 is 1.17 bits per heavy atom. The second-order valence-electron chi connectivity index (χ2n) is 9.68. The van der Waals surface area contributed by atoms with E-state index in [4.69, 9.17) is 25.9 Å². The van der Waals surface area contributed by atoms with E-state index in [2.05, 4.69) is 5.32 Å². The van der Waals surface area contributed by atoms with Gasteiger partial charge in [-0.05, 0) is 57.5 Å². The number of hydrogen-bond donors (Lipinski definition) is 2. The molecule has 3 amide bonds. The highest BCUT2D eigenvalue weighted by molar-refractivity contribution is 7.99. The summed E-state index contributed by atoms with van der Waals surface area (Å²) in [7, 11) is 0. The molecule has 1 aliphatic rings. The smallest absolute Gasteiger partial charge is 0.408 e. The fourth-order valence-electron chi connectivity index (χ4n) is 3.44. The lowest BCUT2D eigenvalue weighted by Crippen LogP contribution is -2.50. The third kappa shape index (κ3) is 9.76. The van der Waals surface area contributed by atoms with Crippen molar-refractivity contribution in [3.05, 3.63) is 58.4 Å². The van der Waals surface area contributed by atoms with Crippen molar-refractivity contribution in [3.63, 3.8) is 0 Å². The summed E-state index contributed by atoms with van der Waals surface area (Å²) in [6.45, 7) is 5.66. The number of anilines is 1. The second kappa shape index (κ2) is 13.8. The van der Waals surface area contributed by atoms with E-state index in [9.17, 15) is 31.9 Å². The van der Waals surface area contributed by atoms with Gasteiger partial charge in [-0.15, -0.1) is 11.8 Å². The first kappa shape index (κ1) is 33.6. The van der Waals surface area contributed by atoms with Crippen LogP contribution in [0.15, 0.2) is 41.3 Å². The fourth-order valence-corrected chi connectivity index (χ4v) is 4.64. The van der Waals surface area contributed by atoms with Gasteiger partial charge in [0.15, 0.2) is 0 Å². The molecule has 41 heavy (non-hydrogen) atoms. The molecule has 0 saturated heterocycles. The zero-order valence-corrected chi connectivity index (χ0v) is 23.8. The molecule has 0 bridgehead atoms. The van der Waals surface area contributed by atoms with Crippen molar-refractivity contribution in [2.75, 3.05) is 10.7 Å². The number of fused-ring (bicyclic) bond motifs is 1. The van der Waals surface area contributed by atoms with E-state index in [0.717, 1.165) is 30.8 Å². The Morgan fingerprint density at radius 2 is 1.76 bits per heavy atom. The molecular formula is C26H26ClF4N3O6S. The van der Waals surface area contributed by atoms with E-state index in [0.29, 0.717) is 10.6 Å². The summed E-state index contributed by atoms with van der Waals surface area (Å²) in [6, 6.07) is 5.25. The van der Waals surface area contributed by atoms with Gasteiger partial charge in [-0.3, -0.25) is 9.59 Å². The molecule has 2 N–H and O–H groups in total. The van der Waals surface area contributed by atoms with Crippen molar-refractivity contribution in [2.24, 2.45) is 0 Å². The Kier molecular flexibility index (Phi) is 11.3. The van der Waals surface area contributed by atoms with E-state index in [1.54, 1.807) is 50.4 Å². The molecule has 2 atom stereocenters. The molecule has 1 heterocycles. The first-order chi connectivity index (χ1) is 19.0. The third-order valence-corrected chi connectivity index (χ3v) is 6.73. The van der Waals surface area contributed by atoms with Crippen molar-refractivity contribution in [1.82, 2.24) is 10.6 Å². The van der Waals surface area contributed by atoms with Crippen LogP contribution in [0.25, 0.3) is 0 Å². The molecule has 0 fully saturated rings. The third-order valence-electron chi connectivity index (χ3n) is 5.34. The Balaban J connectivity index is 0.00000187.